The van der Waals surface area contributed by atoms with Gasteiger partial charge < -0.3 is 5.32 Å². The number of nitrogens with zero attached hydrogens (tertiary/aromatic N) is 2. The summed E-state index contributed by atoms with van der Waals surface area (Å²) in [6.45, 7) is 9.07. The van der Waals surface area contributed by atoms with Gasteiger partial charge >= 0.3 is 0 Å². The second kappa shape index (κ2) is 5.87. The maximum Gasteiger partial charge on any atom is 0.179 e. The molecule has 0 bridgehead atoms. The largest absolute Gasteiger partial charge is 0.349 e. The first-order valence-electron chi connectivity index (χ1n) is 6.34. The molecule has 0 fully saturated rings. The predicted octanol–water partition coefficient (Wildman–Crippen LogP) is 1.46. The van der Waals surface area contributed by atoms with Gasteiger partial charge in [-0.05, 0) is 33.6 Å². The van der Waals surface area contributed by atoms with Gasteiger partial charge in [-0.1, -0.05) is 13.0 Å². The van der Waals surface area contributed by atoms with Crippen LogP contribution >= 0.6 is 0 Å². The highest BCUT2D eigenvalue weighted by Gasteiger charge is 2.30. The van der Waals surface area contributed by atoms with Gasteiger partial charge in [-0.15, -0.1) is 0 Å². The molecular weight excluding hydrogens is 226 g/mol. The summed E-state index contributed by atoms with van der Waals surface area (Å²) in [5.74, 6) is -0.677. The molecule has 0 aliphatic carbocycles. The number of nitrogens with one attached hydrogen (secondary N) is 3. The van der Waals surface area contributed by atoms with Crippen molar-refractivity contribution in [1.29, 1.82) is 5.26 Å². The van der Waals surface area contributed by atoms with E-state index in [9.17, 15) is 0 Å². The van der Waals surface area contributed by atoms with E-state index in [0.29, 0.717) is 0 Å². The van der Waals surface area contributed by atoms with Crippen LogP contribution in [0.2, 0.25) is 0 Å². The van der Waals surface area contributed by atoms with Crippen LogP contribution in [-0.4, -0.2) is 24.1 Å². The van der Waals surface area contributed by atoms with Crippen LogP contribution in [0.5, 0.6) is 0 Å². The van der Waals surface area contributed by atoms with E-state index in [1.165, 1.54) is 0 Å². The SMILES string of the molecule is CCC(C)(C)NC(C)(NC#N)NC1=CCCN=C1. The van der Waals surface area contributed by atoms with Gasteiger partial charge in [0.1, 0.15) is 0 Å². The average Bonchev–Trinajstić information content (AvgIpc) is 2.29. The van der Waals surface area contributed by atoms with Crippen LogP contribution in [0.1, 0.15) is 40.5 Å². The average molecular weight is 249 g/mol. The fourth-order valence-corrected chi connectivity index (χ4v) is 1.85. The van der Waals surface area contributed by atoms with Crippen molar-refractivity contribution in [3.05, 3.63) is 11.8 Å². The Kier molecular flexibility index (Phi) is 4.74. The van der Waals surface area contributed by atoms with Crippen molar-refractivity contribution in [3.63, 3.8) is 0 Å². The van der Waals surface area contributed by atoms with E-state index < -0.39 is 5.79 Å². The second-order valence-electron chi connectivity index (χ2n) is 5.33. The molecule has 0 saturated carbocycles. The summed E-state index contributed by atoms with van der Waals surface area (Å²) in [5.41, 5.74) is 0.865. The number of hydrogen-bond acceptors (Lipinski definition) is 5. The van der Waals surface area contributed by atoms with E-state index in [0.717, 1.165) is 25.1 Å². The van der Waals surface area contributed by atoms with Gasteiger partial charge in [0.05, 0.1) is 5.70 Å². The molecular formula is C13H23N5. The van der Waals surface area contributed by atoms with Crippen molar-refractivity contribution >= 4 is 6.21 Å². The lowest BCUT2D eigenvalue weighted by atomic mass is 10.0. The minimum atomic E-state index is -0.677. The molecule has 5 nitrogen and oxygen atoms in total. The highest BCUT2D eigenvalue weighted by Crippen LogP contribution is 2.12. The van der Waals surface area contributed by atoms with E-state index >= 15 is 0 Å². The number of allylic oxidation sites excluding steroid dienone is 1. The zero-order valence-corrected chi connectivity index (χ0v) is 11.7. The Morgan fingerprint density at radius 1 is 1.44 bits per heavy atom. The Hall–Kier alpha value is -1.54. The molecule has 18 heavy (non-hydrogen) atoms. The van der Waals surface area contributed by atoms with Crippen molar-refractivity contribution in [2.45, 2.75) is 51.9 Å². The van der Waals surface area contributed by atoms with E-state index in [2.05, 4.69) is 47.8 Å². The van der Waals surface area contributed by atoms with Gasteiger partial charge in [-0.25, -0.2) is 0 Å². The standard InChI is InChI=1S/C13H23N5/c1-5-12(2,3)18-13(4,16-10-14)17-11-7-6-8-15-9-11/h7,9,16-18H,5-6,8H2,1-4H3. The Morgan fingerprint density at radius 2 is 2.17 bits per heavy atom. The van der Waals surface area contributed by atoms with Crippen molar-refractivity contribution in [3.8, 4) is 6.19 Å². The molecule has 0 aromatic heterocycles. The summed E-state index contributed by atoms with van der Waals surface area (Å²) in [6, 6.07) is 0. The van der Waals surface area contributed by atoms with Gasteiger partial charge in [0.25, 0.3) is 0 Å². The van der Waals surface area contributed by atoms with Gasteiger partial charge in [0, 0.05) is 18.3 Å². The van der Waals surface area contributed by atoms with Crippen molar-refractivity contribution in [2.75, 3.05) is 6.54 Å². The first-order chi connectivity index (χ1) is 8.41. The summed E-state index contributed by atoms with van der Waals surface area (Å²) >= 11 is 0. The molecule has 1 aliphatic heterocycles. The molecule has 5 heteroatoms. The molecule has 3 N–H and O–H groups in total. The molecule has 1 heterocycles. The molecule has 0 aromatic rings. The number of nitriles is 1. The second-order valence-corrected chi connectivity index (χ2v) is 5.33. The highest BCUT2D eigenvalue weighted by atomic mass is 15.4. The van der Waals surface area contributed by atoms with Crippen molar-refractivity contribution < 1.29 is 0 Å². The molecule has 0 aromatic carbocycles. The topological polar surface area (TPSA) is 72.2 Å². The molecule has 1 rings (SSSR count). The Bertz CT molecular complexity index is 377. The van der Waals surface area contributed by atoms with Crippen LogP contribution < -0.4 is 16.0 Å². The van der Waals surface area contributed by atoms with Gasteiger partial charge in [-0.3, -0.25) is 15.6 Å². The minimum Gasteiger partial charge on any atom is -0.349 e. The molecule has 0 spiro atoms. The summed E-state index contributed by atoms with van der Waals surface area (Å²) in [5, 5.41) is 18.4. The molecule has 1 unspecified atom stereocenters. The number of dihydropyridines is 1. The van der Waals surface area contributed by atoms with E-state index in [-0.39, 0.29) is 5.54 Å². The molecule has 0 amide bonds. The summed E-state index contributed by atoms with van der Waals surface area (Å²) in [7, 11) is 0. The molecule has 1 aliphatic rings. The summed E-state index contributed by atoms with van der Waals surface area (Å²) in [6.07, 6.45) is 7.79. The Morgan fingerprint density at radius 3 is 2.67 bits per heavy atom. The summed E-state index contributed by atoms with van der Waals surface area (Å²) in [4.78, 5) is 4.23. The summed E-state index contributed by atoms with van der Waals surface area (Å²) < 4.78 is 0. The quantitative estimate of drug-likeness (QED) is 0.378. The fourth-order valence-electron chi connectivity index (χ4n) is 1.85. The maximum absolute atomic E-state index is 8.91. The third-order valence-corrected chi connectivity index (χ3v) is 3.03. The van der Waals surface area contributed by atoms with Crippen LogP contribution in [0, 0.1) is 11.5 Å². The minimum absolute atomic E-state index is 0.0715. The predicted molar refractivity (Wildman–Crippen MR) is 73.9 cm³/mol. The Balaban J connectivity index is 2.77. The lowest BCUT2D eigenvalue weighted by Gasteiger charge is -2.39. The van der Waals surface area contributed by atoms with E-state index in [1.807, 2.05) is 13.1 Å². The third kappa shape index (κ3) is 4.38. The molecule has 1 atom stereocenters. The maximum atomic E-state index is 8.91. The van der Waals surface area contributed by atoms with E-state index in [1.54, 1.807) is 6.21 Å². The van der Waals surface area contributed by atoms with Crippen molar-refractivity contribution in [2.24, 2.45) is 4.99 Å². The fraction of sp³-hybridized carbons (Fsp3) is 0.692. The number of hydrogen-bond donors (Lipinski definition) is 3. The van der Waals surface area contributed by atoms with Crippen molar-refractivity contribution in [1.82, 2.24) is 16.0 Å². The van der Waals surface area contributed by atoms with Crippen LogP contribution in [0.4, 0.5) is 0 Å². The van der Waals surface area contributed by atoms with Gasteiger partial charge in [0.15, 0.2) is 12.0 Å². The number of aliphatic imine (C=N–C) groups is 1. The highest BCUT2D eigenvalue weighted by molar-refractivity contribution is 5.78. The van der Waals surface area contributed by atoms with E-state index in [4.69, 9.17) is 5.26 Å². The molecule has 100 valence electrons. The van der Waals surface area contributed by atoms with Gasteiger partial charge in [-0.2, -0.15) is 5.26 Å². The zero-order valence-electron chi connectivity index (χ0n) is 11.7. The number of rotatable bonds is 6. The van der Waals surface area contributed by atoms with Crippen LogP contribution in [0.25, 0.3) is 0 Å². The molecule has 0 radical (unpaired) electrons. The smallest absolute Gasteiger partial charge is 0.179 e. The van der Waals surface area contributed by atoms with Crippen LogP contribution in [0.3, 0.4) is 0 Å². The normalized spacial score (nSPS) is 18.5. The first-order valence-corrected chi connectivity index (χ1v) is 6.34. The third-order valence-electron chi connectivity index (χ3n) is 3.03. The van der Waals surface area contributed by atoms with Gasteiger partial charge in [0.2, 0.25) is 0 Å². The lowest BCUT2D eigenvalue weighted by Crippen LogP contribution is -2.67. The zero-order chi connectivity index (χ0) is 13.6. The first kappa shape index (κ1) is 14.5. The lowest BCUT2D eigenvalue weighted by molar-refractivity contribution is 0.194. The Labute approximate surface area is 109 Å². The van der Waals surface area contributed by atoms with Crippen LogP contribution in [0.15, 0.2) is 16.8 Å². The monoisotopic (exact) mass is 249 g/mol. The molecule has 0 saturated heterocycles. The van der Waals surface area contributed by atoms with Crippen LogP contribution in [-0.2, 0) is 0 Å².